The van der Waals surface area contributed by atoms with Crippen LogP contribution in [0.4, 0.5) is 0 Å². The minimum Gasteiger partial charge on any atom is -0.493 e. The fraction of sp³-hybridized carbons (Fsp3) is 0.357. The number of hydrogen-bond donors (Lipinski definition) is 1. The molecule has 2 N–H and O–H groups in total. The molecule has 5 heteroatoms. The zero-order valence-corrected chi connectivity index (χ0v) is 12.3. The standard InChI is InChI=1S/C14H19N3OS/c1-4-19-11-7-5-10(6-8-11)13(15)14-12(18-3)9-16-17(14)2/h5-9,13H,4,15H2,1-3H3. The number of aryl methyl sites for hydroxylation is 1. The molecule has 0 radical (unpaired) electrons. The maximum Gasteiger partial charge on any atom is 0.161 e. The van der Waals surface area contributed by atoms with Crippen molar-refractivity contribution in [3.8, 4) is 5.75 Å². The highest BCUT2D eigenvalue weighted by atomic mass is 32.2. The Kier molecular flexibility index (Phi) is 4.50. The van der Waals surface area contributed by atoms with Crippen LogP contribution >= 0.6 is 11.8 Å². The van der Waals surface area contributed by atoms with E-state index >= 15 is 0 Å². The van der Waals surface area contributed by atoms with Gasteiger partial charge in [0.15, 0.2) is 5.75 Å². The van der Waals surface area contributed by atoms with Gasteiger partial charge < -0.3 is 10.5 Å². The van der Waals surface area contributed by atoms with Crippen molar-refractivity contribution in [1.29, 1.82) is 0 Å². The molecule has 0 bridgehead atoms. The van der Waals surface area contributed by atoms with E-state index in [2.05, 4.69) is 36.3 Å². The van der Waals surface area contributed by atoms with Crippen LogP contribution in [-0.2, 0) is 7.05 Å². The Balaban J connectivity index is 2.27. The average molecular weight is 277 g/mol. The van der Waals surface area contributed by atoms with Gasteiger partial charge in [-0.1, -0.05) is 19.1 Å². The normalized spacial score (nSPS) is 12.4. The average Bonchev–Trinajstić information content (AvgIpc) is 2.80. The molecule has 1 unspecified atom stereocenters. The highest BCUT2D eigenvalue weighted by molar-refractivity contribution is 7.99. The first-order valence-corrected chi connectivity index (χ1v) is 7.20. The van der Waals surface area contributed by atoms with E-state index in [0.717, 1.165) is 22.8 Å². The van der Waals surface area contributed by atoms with Crippen molar-refractivity contribution < 1.29 is 4.74 Å². The van der Waals surface area contributed by atoms with Gasteiger partial charge in [-0.15, -0.1) is 11.8 Å². The van der Waals surface area contributed by atoms with Crippen LogP contribution in [0, 0.1) is 0 Å². The van der Waals surface area contributed by atoms with E-state index in [1.54, 1.807) is 18.0 Å². The van der Waals surface area contributed by atoms with Crippen LogP contribution in [0.2, 0.25) is 0 Å². The van der Waals surface area contributed by atoms with E-state index in [0.29, 0.717) is 0 Å². The van der Waals surface area contributed by atoms with E-state index in [-0.39, 0.29) is 6.04 Å². The first-order valence-electron chi connectivity index (χ1n) is 6.21. The molecule has 0 spiro atoms. The van der Waals surface area contributed by atoms with Gasteiger partial charge in [-0.3, -0.25) is 4.68 Å². The van der Waals surface area contributed by atoms with Crippen LogP contribution in [0.5, 0.6) is 5.75 Å². The second kappa shape index (κ2) is 6.12. The third-order valence-electron chi connectivity index (χ3n) is 3.01. The molecule has 0 aliphatic heterocycles. The quantitative estimate of drug-likeness (QED) is 0.854. The summed E-state index contributed by atoms with van der Waals surface area (Å²) >= 11 is 1.82. The molecule has 1 aromatic carbocycles. The third-order valence-corrected chi connectivity index (χ3v) is 3.91. The molecule has 1 aromatic heterocycles. The Hall–Kier alpha value is -1.46. The van der Waals surface area contributed by atoms with Crippen LogP contribution in [0.25, 0.3) is 0 Å². The van der Waals surface area contributed by atoms with Gasteiger partial charge in [0.25, 0.3) is 0 Å². The molecule has 2 rings (SSSR count). The molecule has 2 aromatic rings. The number of nitrogens with two attached hydrogens (primary N) is 1. The summed E-state index contributed by atoms with van der Waals surface area (Å²) in [6.07, 6.45) is 1.69. The lowest BCUT2D eigenvalue weighted by atomic mass is 10.0. The number of benzene rings is 1. The van der Waals surface area contributed by atoms with Crippen LogP contribution in [0.1, 0.15) is 24.2 Å². The van der Waals surface area contributed by atoms with Crippen molar-refractivity contribution >= 4 is 11.8 Å². The predicted molar refractivity (Wildman–Crippen MR) is 78.6 cm³/mol. The minimum absolute atomic E-state index is 0.233. The second-order valence-corrected chi connectivity index (χ2v) is 5.54. The zero-order valence-electron chi connectivity index (χ0n) is 11.5. The topological polar surface area (TPSA) is 53.1 Å². The van der Waals surface area contributed by atoms with E-state index in [4.69, 9.17) is 10.5 Å². The number of ether oxygens (including phenoxy) is 1. The summed E-state index contributed by atoms with van der Waals surface area (Å²) in [7, 11) is 3.51. The van der Waals surface area contributed by atoms with Crippen molar-refractivity contribution in [2.24, 2.45) is 12.8 Å². The van der Waals surface area contributed by atoms with Crippen molar-refractivity contribution in [2.75, 3.05) is 12.9 Å². The summed E-state index contributed by atoms with van der Waals surface area (Å²) in [6.45, 7) is 2.14. The van der Waals surface area contributed by atoms with Gasteiger partial charge in [-0.25, -0.2) is 0 Å². The minimum atomic E-state index is -0.233. The lowest BCUT2D eigenvalue weighted by Gasteiger charge is -2.14. The van der Waals surface area contributed by atoms with Crippen molar-refractivity contribution in [3.05, 3.63) is 41.7 Å². The highest BCUT2D eigenvalue weighted by Gasteiger charge is 2.18. The number of aromatic nitrogens is 2. The first-order chi connectivity index (χ1) is 9.17. The maximum atomic E-state index is 6.31. The fourth-order valence-corrected chi connectivity index (χ4v) is 2.70. The third kappa shape index (κ3) is 2.93. The van der Waals surface area contributed by atoms with Gasteiger partial charge in [0.05, 0.1) is 19.3 Å². The molecule has 0 aliphatic rings. The van der Waals surface area contributed by atoms with Crippen LogP contribution in [0.15, 0.2) is 35.4 Å². The molecule has 1 atom stereocenters. The predicted octanol–water partition coefficient (Wildman–Crippen LogP) is 2.59. The van der Waals surface area contributed by atoms with Gasteiger partial charge >= 0.3 is 0 Å². The maximum absolute atomic E-state index is 6.31. The molecule has 0 amide bonds. The Bertz CT molecular complexity index is 536. The Morgan fingerprint density at radius 3 is 2.63 bits per heavy atom. The molecule has 19 heavy (non-hydrogen) atoms. The van der Waals surface area contributed by atoms with Crippen LogP contribution in [-0.4, -0.2) is 22.6 Å². The smallest absolute Gasteiger partial charge is 0.161 e. The summed E-state index contributed by atoms with van der Waals surface area (Å²) in [6, 6.07) is 8.10. The lowest BCUT2D eigenvalue weighted by Crippen LogP contribution is -2.16. The fourth-order valence-electron chi connectivity index (χ4n) is 2.03. The molecule has 0 saturated heterocycles. The molecule has 0 saturated carbocycles. The molecule has 4 nitrogen and oxygen atoms in total. The Labute approximate surface area is 117 Å². The van der Waals surface area contributed by atoms with Gasteiger partial charge in [-0.2, -0.15) is 5.10 Å². The summed E-state index contributed by atoms with van der Waals surface area (Å²) in [4.78, 5) is 1.26. The van der Waals surface area contributed by atoms with E-state index in [1.807, 2.05) is 18.8 Å². The van der Waals surface area contributed by atoms with Gasteiger partial charge in [0, 0.05) is 11.9 Å². The lowest BCUT2D eigenvalue weighted by molar-refractivity contribution is 0.406. The number of thioether (sulfide) groups is 1. The first kappa shape index (κ1) is 14.0. The van der Waals surface area contributed by atoms with Crippen molar-refractivity contribution in [3.63, 3.8) is 0 Å². The van der Waals surface area contributed by atoms with Gasteiger partial charge in [0.1, 0.15) is 5.69 Å². The zero-order chi connectivity index (χ0) is 13.8. The summed E-state index contributed by atoms with van der Waals surface area (Å²) < 4.78 is 7.07. The number of methoxy groups -OCH3 is 1. The van der Waals surface area contributed by atoms with E-state index in [9.17, 15) is 0 Å². The van der Waals surface area contributed by atoms with Gasteiger partial charge in [0.2, 0.25) is 0 Å². The molecule has 0 aliphatic carbocycles. The largest absolute Gasteiger partial charge is 0.493 e. The number of rotatable bonds is 5. The summed E-state index contributed by atoms with van der Waals surface area (Å²) in [5.74, 6) is 1.79. The highest BCUT2D eigenvalue weighted by Crippen LogP contribution is 2.28. The molecular weight excluding hydrogens is 258 g/mol. The second-order valence-electron chi connectivity index (χ2n) is 4.20. The Morgan fingerprint density at radius 2 is 2.05 bits per heavy atom. The van der Waals surface area contributed by atoms with Crippen molar-refractivity contribution in [2.45, 2.75) is 17.9 Å². The molecule has 1 heterocycles. The number of hydrogen-bond acceptors (Lipinski definition) is 4. The summed E-state index contributed by atoms with van der Waals surface area (Å²) in [5.41, 5.74) is 8.26. The van der Waals surface area contributed by atoms with E-state index < -0.39 is 0 Å². The van der Waals surface area contributed by atoms with Crippen molar-refractivity contribution in [1.82, 2.24) is 9.78 Å². The summed E-state index contributed by atoms with van der Waals surface area (Å²) in [5, 5.41) is 4.19. The Morgan fingerprint density at radius 1 is 1.37 bits per heavy atom. The molecule has 0 fully saturated rings. The monoisotopic (exact) mass is 277 g/mol. The SMILES string of the molecule is CCSc1ccc(C(N)c2c(OC)cnn2C)cc1. The van der Waals surface area contributed by atoms with E-state index in [1.165, 1.54) is 4.90 Å². The number of nitrogens with zero attached hydrogens (tertiary/aromatic N) is 2. The molecular formula is C14H19N3OS. The van der Waals surface area contributed by atoms with Crippen LogP contribution in [0.3, 0.4) is 0 Å². The van der Waals surface area contributed by atoms with Crippen LogP contribution < -0.4 is 10.5 Å². The molecule has 102 valence electrons. The van der Waals surface area contributed by atoms with Gasteiger partial charge in [-0.05, 0) is 23.4 Å².